The molecule has 0 amide bonds. The Morgan fingerprint density at radius 2 is 2.05 bits per heavy atom. The van der Waals surface area contributed by atoms with Crippen LogP contribution in [0.4, 0.5) is 8.78 Å². The Hall–Kier alpha value is -1.47. The van der Waals surface area contributed by atoms with Gasteiger partial charge in [0.15, 0.2) is 17.3 Å². The van der Waals surface area contributed by atoms with E-state index < -0.39 is 17.6 Å². The molecule has 110 valence electrons. The minimum absolute atomic E-state index is 0.196. The van der Waals surface area contributed by atoms with Crippen LogP contribution < -0.4 is 0 Å². The number of nitrogens with zero attached hydrogens (tertiary/aromatic N) is 1. The molecule has 0 unspecified atom stereocenters. The normalized spacial score (nSPS) is 10.5. The summed E-state index contributed by atoms with van der Waals surface area (Å²) in [6, 6.07) is 7.01. The van der Waals surface area contributed by atoms with Crippen molar-refractivity contribution in [2.45, 2.75) is 15.3 Å². The lowest BCUT2D eigenvalue weighted by molar-refractivity contribution is 0.0592. The SMILES string of the molecule is COC(=O)c1nc(Sc2ccc(F)c(F)c2)ccc1CBr. The first-order chi connectivity index (χ1) is 10.0. The van der Waals surface area contributed by atoms with Crippen molar-refractivity contribution < 1.29 is 18.3 Å². The summed E-state index contributed by atoms with van der Waals surface area (Å²) >= 11 is 4.40. The van der Waals surface area contributed by atoms with Gasteiger partial charge < -0.3 is 4.74 Å². The first-order valence-electron chi connectivity index (χ1n) is 5.82. The van der Waals surface area contributed by atoms with Crippen molar-refractivity contribution in [3.8, 4) is 0 Å². The lowest BCUT2D eigenvalue weighted by Crippen LogP contribution is -2.08. The van der Waals surface area contributed by atoms with E-state index in [0.29, 0.717) is 20.8 Å². The number of hydrogen-bond donors (Lipinski definition) is 0. The van der Waals surface area contributed by atoms with E-state index in [1.54, 1.807) is 12.1 Å². The van der Waals surface area contributed by atoms with Crippen LogP contribution in [0.25, 0.3) is 0 Å². The quantitative estimate of drug-likeness (QED) is 0.594. The van der Waals surface area contributed by atoms with E-state index in [1.165, 1.54) is 13.2 Å². The molecule has 0 bridgehead atoms. The van der Waals surface area contributed by atoms with Gasteiger partial charge in [-0.3, -0.25) is 0 Å². The van der Waals surface area contributed by atoms with Gasteiger partial charge in [-0.1, -0.05) is 33.8 Å². The Morgan fingerprint density at radius 1 is 1.29 bits per heavy atom. The number of benzene rings is 1. The second-order valence-corrected chi connectivity index (χ2v) is 5.61. The third kappa shape index (κ3) is 3.79. The first-order valence-corrected chi connectivity index (χ1v) is 7.76. The predicted octanol–water partition coefficient (Wildman–Crippen LogP) is 4.19. The molecule has 2 rings (SSSR count). The van der Waals surface area contributed by atoms with E-state index in [1.807, 2.05) is 0 Å². The van der Waals surface area contributed by atoms with Crippen LogP contribution in [0.1, 0.15) is 16.1 Å². The van der Waals surface area contributed by atoms with Gasteiger partial charge in [0.05, 0.1) is 7.11 Å². The van der Waals surface area contributed by atoms with Crippen LogP contribution in [0.5, 0.6) is 0 Å². The summed E-state index contributed by atoms with van der Waals surface area (Å²) in [6.45, 7) is 0. The topological polar surface area (TPSA) is 39.2 Å². The Labute approximate surface area is 132 Å². The standard InChI is InChI=1S/C14H10BrF2NO2S/c1-20-14(19)13-8(7-15)2-5-12(18-13)21-9-3-4-10(16)11(17)6-9/h2-6H,7H2,1H3. The number of esters is 1. The summed E-state index contributed by atoms with van der Waals surface area (Å²) < 4.78 is 30.7. The molecular formula is C14H10BrF2NO2S. The van der Waals surface area contributed by atoms with Gasteiger partial charge in [-0.2, -0.15) is 0 Å². The number of alkyl halides is 1. The van der Waals surface area contributed by atoms with Gasteiger partial charge in [0, 0.05) is 10.2 Å². The maximum Gasteiger partial charge on any atom is 0.357 e. The molecule has 1 aromatic heterocycles. The highest BCUT2D eigenvalue weighted by Crippen LogP contribution is 2.28. The number of carbonyl (C=O) groups excluding carboxylic acids is 1. The Morgan fingerprint density at radius 3 is 2.67 bits per heavy atom. The van der Waals surface area contributed by atoms with Crippen molar-refractivity contribution in [3.05, 3.63) is 53.2 Å². The fourth-order valence-corrected chi connectivity index (χ4v) is 2.83. The Kier molecular flexibility index (Phi) is 5.30. The van der Waals surface area contributed by atoms with Gasteiger partial charge >= 0.3 is 5.97 Å². The second-order valence-electron chi connectivity index (χ2n) is 3.96. The van der Waals surface area contributed by atoms with E-state index in [-0.39, 0.29) is 5.69 Å². The third-order valence-corrected chi connectivity index (χ3v) is 4.12. The van der Waals surface area contributed by atoms with Gasteiger partial charge in [-0.05, 0) is 29.8 Å². The van der Waals surface area contributed by atoms with Crippen LogP contribution >= 0.6 is 27.7 Å². The van der Waals surface area contributed by atoms with E-state index in [4.69, 9.17) is 0 Å². The average molecular weight is 374 g/mol. The van der Waals surface area contributed by atoms with Crippen molar-refractivity contribution in [3.63, 3.8) is 0 Å². The average Bonchev–Trinajstić information content (AvgIpc) is 2.50. The minimum atomic E-state index is -0.926. The summed E-state index contributed by atoms with van der Waals surface area (Å²) in [5, 5.41) is 0.951. The summed E-state index contributed by atoms with van der Waals surface area (Å²) in [5.41, 5.74) is 0.887. The molecule has 3 nitrogen and oxygen atoms in total. The maximum atomic E-state index is 13.2. The highest BCUT2D eigenvalue weighted by Gasteiger charge is 2.15. The molecule has 1 aromatic carbocycles. The van der Waals surface area contributed by atoms with Crippen LogP contribution in [0, 0.1) is 11.6 Å². The number of pyridine rings is 1. The maximum absolute atomic E-state index is 13.2. The van der Waals surface area contributed by atoms with Crippen LogP contribution in [-0.4, -0.2) is 18.1 Å². The summed E-state index contributed by atoms with van der Waals surface area (Å²) in [5.74, 6) is -2.38. The molecular weight excluding hydrogens is 364 g/mol. The molecule has 0 aliphatic rings. The molecule has 0 aliphatic heterocycles. The minimum Gasteiger partial charge on any atom is -0.464 e. The predicted molar refractivity (Wildman–Crippen MR) is 78.7 cm³/mol. The zero-order valence-electron chi connectivity index (χ0n) is 10.9. The Bertz CT molecular complexity index is 682. The van der Waals surface area contributed by atoms with Crippen molar-refractivity contribution >= 4 is 33.7 Å². The highest BCUT2D eigenvalue weighted by atomic mass is 79.9. The first kappa shape index (κ1) is 15.9. The number of carbonyl (C=O) groups is 1. The highest BCUT2D eigenvalue weighted by molar-refractivity contribution is 9.08. The van der Waals surface area contributed by atoms with E-state index in [0.717, 1.165) is 23.9 Å². The van der Waals surface area contributed by atoms with E-state index in [2.05, 4.69) is 25.7 Å². The van der Waals surface area contributed by atoms with Gasteiger partial charge in [0.25, 0.3) is 0 Å². The molecule has 0 fully saturated rings. The van der Waals surface area contributed by atoms with Gasteiger partial charge in [-0.25, -0.2) is 18.6 Å². The number of rotatable bonds is 4. The molecule has 0 radical (unpaired) electrons. The summed E-state index contributed by atoms with van der Waals surface area (Å²) in [6.07, 6.45) is 0. The molecule has 0 N–H and O–H groups in total. The number of aromatic nitrogens is 1. The zero-order valence-corrected chi connectivity index (χ0v) is 13.3. The second kappa shape index (κ2) is 7.00. The number of hydrogen-bond acceptors (Lipinski definition) is 4. The fourth-order valence-electron chi connectivity index (χ4n) is 1.57. The lowest BCUT2D eigenvalue weighted by atomic mass is 10.2. The number of ether oxygens (including phenoxy) is 1. The van der Waals surface area contributed by atoms with Crippen LogP contribution in [0.15, 0.2) is 40.3 Å². The smallest absolute Gasteiger partial charge is 0.357 e. The molecule has 0 atom stereocenters. The molecule has 0 aliphatic carbocycles. The lowest BCUT2D eigenvalue weighted by Gasteiger charge is -2.07. The molecule has 0 saturated heterocycles. The number of methoxy groups -OCH3 is 1. The number of halogens is 3. The van der Waals surface area contributed by atoms with E-state index in [9.17, 15) is 13.6 Å². The van der Waals surface area contributed by atoms with Crippen LogP contribution in [0.3, 0.4) is 0 Å². The molecule has 1 heterocycles. The summed E-state index contributed by atoms with van der Waals surface area (Å²) in [7, 11) is 1.27. The van der Waals surface area contributed by atoms with Crippen LogP contribution in [-0.2, 0) is 10.1 Å². The molecule has 0 spiro atoms. The van der Waals surface area contributed by atoms with Crippen LogP contribution in [0.2, 0.25) is 0 Å². The molecule has 0 saturated carbocycles. The summed E-state index contributed by atoms with van der Waals surface area (Å²) in [4.78, 5) is 16.4. The third-order valence-electron chi connectivity index (χ3n) is 2.59. The fraction of sp³-hybridized carbons (Fsp3) is 0.143. The van der Waals surface area contributed by atoms with Gasteiger partial charge in [0.1, 0.15) is 5.03 Å². The van der Waals surface area contributed by atoms with Gasteiger partial charge in [-0.15, -0.1) is 0 Å². The molecule has 7 heteroatoms. The van der Waals surface area contributed by atoms with E-state index >= 15 is 0 Å². The van der Waals surface area contributed by atoms with Crippen molar-refractivity contribution in [2.24, 2.45) is 0 Å². The van der Waals surface area contributed by atoms with Gasteiger partial charge in [0.2, 0.25) is 0 Å². The van der Waals surface area contributed by atoms with Crippen molar-refractivity contribution in [1.82, 2.24) is 4.98 Å². The van der Waals surface area contributed by atoms with Crippen molar-refractivity contribution in [1.29, 1.82) is 0 Å². The van der Waals surface area contributed by atoms with Crippen molar-refractivity contribution in [2.75, 3.05) is 7.11 Å². The Balaban J connectivity index is 2.32. The zero-order chi connectivity index (χ0) is 15.4. The monoisotopic (exact) mass is 373 g/mol. The molecule has 2 aromatic rings. The largest absolute Gasteiger partial charge is 0.464 e. The molecule has 21 heavy (non-hydrogen) atoms.